The van der Waals surface area contributed by atoms with Gasteiger partial charge in [-0.1, -0.05) is 0 Å². The van der Waals surface area contributed by atoms with Crippen molar-refractivity contribution in [2.75, 3.05) is 0 Å². The van der Waals surface area contributed by atoms with Crippen LogP contribution in [0.3, 0.4) is 0 Å². The zero-order valence-electron chi connectivity index (χ0n) is 20.2. The van der Waals surface area contributed by atoms with Crippen LogP contribution in [0.15, 0.2) is 20.0 Å². The molecule has 0 aliphatic carbocycles. The molecule has 0 N–H and O–H groups in total. The lowest BCUT2D eigenvalue weighted by molar-refractivity contribution is 0.407. The monoisotopic (exact) mass is 646 g/mol. The Balaban J connectivity index is 1.74. The topological polar surface area (TPSA) is 59.3 Å². The maximum atomic E-state index is 15.3. The first kappa shape index (κ1) is 26.8. The van der Waals surface area contributed by atoms with Gasteiger partial charge in [-0.2, -0.15) is 0 Å². The third-order valence-electron chi connectivity index (χ3n) is 7.33. The predicted molar refractivity (Wildman–Crippen MR) is 127 cm³/mol. The van der Waals surface area contributed by atoms with Crippen LogP contribution in [0.2, 0.25) is 0 Å². The van der Waals surface area contributed by atoms with E-state index < -0.39 is 143 Å². The maximum absolute atomic E-state index is 15.3. The highest BCUT2D eigenvalue weighted by Crippen LogP contribution is 2.45. The van der Waals surface area contributed by atoms with E-state index >= 15 is 26.3 Å². The highest BCUT2D eigenvalue weighted by atomic mass is 35.5. The van der Waals surface area contributed by atoms with Crippen LogP contribution in [0.25, 0.3) is 21.5 Å². The van der Waals surface area contributed by atoms with E-state index in [2.05, 4.69) is 20.0 Å². The normalized spacial score (nSPS) is 14.6. The predicted octanol–water partition coefficient (Wildman–Crippen LogP) is 5.62. The second kappa shape index (κ2) is 8.22. The Morgan fingerprint density at radius 2 is 0.750 bits per heavy atom. The third kappa shape index (κ3) is 2.83. The van der Waals surface area contributed by atoms with Gasteiger partial charge in [0.1, 0.15) is 22.6 Å². The summed E-state index contributed by atoms with van der Waals surface area (Å²) < 4.78 is 179. The minimum atomic E-state index is -2.39. The molecule has 0 spiro atoms. The first-order valence-corrected chi connectivity index (χ1v) is 12.1. The van der Waals surface area contributed by atoms with E-state index in [-0.39, 0.29) is 0 Å². The molecule has 5 aromatic rings. The van der Waals surface area contributed by atoms with E-state index in [1.807, 2.05) is 0 Å². The molecule has 0 amide bonds. The summed E-state index contributed by atoms with van der Waals surface area (Å²) in [6, 6.07) is 0. The van der Waals surface area contributed by atoms with E-state index in [1.165, 1.54) is 0 Å². The summed E-state index contributed by atoms with van der Waals surface area (Å²) >= 11 is 6.54. The first-order valence-electron chi connectivity index (χ1n) is 11.7. The Hall–Kier alpha value is -4.81. The van der Waals surface area contributed by atoms with Crippen molar-refractivity contribution in [3.63, 3.8) is 0 Å². The molecule has 20 heteroatoms. The van der Waals surface area contributed by atoms with Crippen LogP contribution in [0.4, 0.5) is 64.3 Å². The minimum absolute atomic E-state index is 0.490. The summed E-state index contributed by atoms with van der Waals surface area (Å²) in [5.41, 5.74) is -4.58. The number of hydrogen-bond donors (Lipinski definition) is 0. The third-order valence-corrected chi connectivity index (χ3v) is 7.72. The number of hydrogen-bond acceptors (Lipinski definition) is 4. The lowest BCUT2D eigenvalue weighted by atomic mass is 10.1. The molecule has 44 heavy (non-hydrogen) atoms. The zero-order valence-corrected chi connectivity index (χ0v) is 20.9. The summed E-state index contributed by atoms with van der Waals surface area (Å²) in [7, 11) is 0. The Kier molecular flexibility index (Phi) is 5.00. The molecule has 0 saturated heterocycles. The van der Waals surface area contributed by atoms with Crippen molar-refractivity contribution < 1.29 is 52.7 Å². The second-order valence-electron chi connectivity index (χ2n) is 9.46. The number of benzene rings is 3. The Bertz CT molecular complexity index is 2500. The van der Waals surface area contributed by atoms with Crippen LogP contribution in [0, 0.1) is 69.8 Å². The van der Waals surface area contributed by atoms with Gasteiger partial charge in [0.15, 0.2) is 81.5 Å². The smallest absolute Gasteiger partial charge is 0.319 e. The van der Waals surface area contributed by atoms with Gasteiger partial charge < -0.3 is 8.96 Å². The fraction of sp³-hybridized carbons (Fsp3) is 0. The van der Waals surface area contributed by atoms with Crippen LogP contribution in [0.1, 0.15) is 11.1 Å². The zero-order chi connectivity index (χ0) is 31.4. The van der Waals surface area contributed by atoms with E-state index in [9.17, 15) is 26.3 Å². The van der Waals surface area contributed by atoms with Gasteiger partial charge in [-0.05, 0) is 0 Å². The molecular weight excluding hydrogens is 647 g/mol. The fourth-order valence-electron chi connectivity index (χ4n) is 5.47. The average Bonchev–Trinajstić information content (AvgIpc) is 3.63. The van der Waals surface area contributed by atoms with Gasteiger partial charge in [0.05, 0.1) is 32.7 Å². The number of amidine groups is 2. The largest absolute Gasteiger partial charge is 0.499 e. The average molecular weight is 647 g/mol. The standard InChI is InChI=1S/C24BClF12N6/c26-25-43-21-3-5(11(31)17(37)15(35)9(3)29)23(43)42-24-6-4(10(30)16(36)18(38)12(6)32)22(44(24)25)41-20-2-1(19(39-20)40-21)7(27)13(33)14(34)8(2)28. The number of aliphatic imine (C=N–C) groups is 2. The van der Waals surface area contributed by atoms with E-state index in [0.29, 0.717) is 8.96 Å². The Morgan fingerprint density at radius 1 is 0.386 bits per heavy atom. The molecule has 0 fully saturated rings. The van der Waals surface area contributed by atoms with Gasteiger partial charge in [0.2, 0.25) is 0 Å². The van der Waals surface area contributed by atoms with Crippen molar-refractivity contribution in [2.45, 2.75) is 0 Å². The van der Waals surface area contributed by atoms with Crippen molar-refractivity contribution in [1.29, 1.82) is 0 Å². The lowest BCUT2D eigenvalue weighted by Crippen LogP contribution is -2.45. The van der Waals surface area contributed by atoms with Crippen molar-refractivity contribution in [1.82, 2.24) is 8.96 Å². The maximum Gasteiger partial charge on any atom is 0.499 e. The lowest BCUT2D eigenvalue weighted by Gasteiger charge is -2.18. The molecule has 3 aliphatic rings. The molecule has 0 atom stereocenters. The van der Waals surface area contributed by atoms with Gasteiger partial charge >= 0.3 is 6.40 Å². The van der Waals surface area contributed by atoms with Crippen molar-refractivity contribution in [3.8, 4) is 0 Å². The van der Waals surface area contributed by atoms with Crippen molar-refractivity contribution in [2.24, 2.45) is 20.0 Å². The first-order chi connectivity index (χ1) is 20.8. The molecule has 0 unspecified atom stereocenters. The van der Waals surface area contributed by atoms with Gasteiger partial charge in [-0.25, -0.2) is 72.7 Å². The number of halogens is 13. The van der Waals surface area contributed by atoms with E-state index in [1.54, 1.807) is 0 Å². The van der Waals surface area contributed by atoms with Crippen LogP contribution >= 0.6 is 11.5 Å². The number of fused-ring (bicyclic) bond motifs is 10. The molecule has 5 heterocycles. The quantitative estimate of drug-likeness (QED) is 0.0909. The summed E-state index contributed by atoms with van der Waals surface area (Å²) in [6.45, 7) is 0. The molecule has 8 rings (SSSR count). The SMILES string of the molecule is Fc1c(F)c(F)c2c(c1F)C1=NC2=Nc2c3c(F)c(F)c(F)c(F)c3c3n2B(Cl)n2c(c4c(F)c(F)c(F)c(F)c4c2=N3)=N1. The van der Waals surface area contributed by atoms with Crippen LogP contribution in [0.5, 0.6) is 0 Å². The molecular formula is C24BClF12N6. The molecule has 3 aromatic carbocycles. The Morgan fingerprint density at radius 3 is 1.23 bits per heavy atom. The molecule has 220 valence electrons. The van der Waals surface area contributed by atoms with Crippen LogP contribution < -0.4 is 11.0 Å². The summed E-state index contributed by atoms with van der Waals surface area (Å²) in [6.07, 6.45) is -2.10. The number of nitrogens with zero attached hydrogens (tertiary/aromatic N) is 6. The van der Waals surface area contributed by atoms with Gasteiger partial charge in [-0.15, -0.1) is 11.5 Å². The van der Waals surface area contributed by atoms with Crippen molar-refractivity contribution >= 4 is 62.7 Å². The van der Waals surface area contributed by atoms with Gasteiger partial charge in [0.25, 0.3) is 0 Å². The van der Waals surface area contributed by atoms with Crippen LogP contribution in [-0.2, 0) is 0 Å². The molecule has 4 bridgehead atoms. The van der Waals surface area contributed by atoms with E-state index in [0.717, 1.165) is 0 Å². The molecule has 0 radical (unpaired) electrons. The summed E-state index contributed by atoms with van der Waals surface area (Å²) in [5, 5.41) is -4.95. The summed E-state index contributed by atoms with van der Waals surface area (Å²) in [4.78, 5) is 15.1. The second-order valence-corrected chi connectivity index (χ2v) is 9.85. The molecule has 6 nitrogen and oxygen atoms in total. The van der Waals surface area contributed by atoms with E-state index in [4.69, 9.17) is 11.5 Å². The van der Waals surface area contributed by atoms with Crippen LogP contribution in [-0.4, -0.2) is 27.0 Å². The summed E-state index contributed by atoms with van der Waals surface area (Å²) in [5.74, 6) is -31.3. The molecule has 0 saturated carbocycles. The number of rotatable bonds is 0. The van der Waals surface area contributed by atoms with Gasteiger partial charge in [-0.3, -0.25) is 0 Å². The molecule has 3 aliphatic heterocycles. The fourth-order valence-corrected chi connectivity index (χ4v) is 5.84. The Labute approximate surface area is 236 Å². The number of aromatic nitrogens is 2. The minimum Gasteiger partial charge on any atom is -0.319 e. The highest BCUT2D eigenvalue weighted by molar-refractivity contribution is 7.05. The molecule has 2 aromatic heterocycles. The van der Waals surface area contributed by atoms with Gasteiger partial charge in [0, 0.05) is 0 Å². The van der Waals surface area contributed by atoms with Crippen molar-refractivity contribution in [3.05, 3.63) is 91.9 Å². The highest BCUT2D eigenvalue weighted by Gasteiger charge is 2.42.